The third-order valence-corrected chi connectivity index (χ3v) is 5.53. The Morgan fingerprint density at radius 1 is 1.21 bits per heavy atom. The molecule has 6 heteroatoms. The highest BCUT2D eigenvalue weighted by Gasteiger charge is 2.26. The van der Waals surface area contributed by atoms with Crippen molar-refractivity contribution in [3.05, 3.63) is 35.4 Å². The zero-order valence-electron chi connectivity index (χ0n) is 17.1. The fraction of sp³-hybridized carbons (Fsp3) is 0.636. The summed E-state index contributed by atoms with van der Waals surface area (Å²) in [4.78, 5) is 27.0. The van der Waals surface area contributed by atoms with Crippen LogP contribution in [0.15, 0.2) is 24.3 Å². The van der Waals surface area contributed by atoms with Crippen molar-refractivity contribution in [3.63, 3.8) is 0 Å². The summed E-state index contributed by atoms with van der Waals surface area (Å²) < 4.78 is 5.61. The van der Waals surface area contributed by atoms with Gasteiger partial charge in [0.15, 0.2) is 0 Å². The summed E-state index contributed by atoms with van der Waals surface area (Å²) in [7, 11) is 0. The van der Waals surface area contributed by atoms with Crippen molar-refractivity contribution in [3.8, 4) is 0 Å². The first kappa shape index (κ1) is 20.8. The number of carbonyl (C=O) groups is 2. The second-order valence-corrected chi connectivity index (χ2v) is 8.21. The van der Waals surface area contributed by atoms with E-state index in [2.05, 4.69) is 10.6 Å². The summed E-state index contributed by atoms with van der Waals surface area (Å²) >= 11 is 0. The smallest absolute Gasteiger partial charge is 0.253 e. The lowest BCUT2D eigenvalue weighted by Gasteiger charge is -2.33. The molecule has 0 radical (unpaired) electrons. The predicted molar refractivity (Wildman–Crippen MR) is 109 cm³/mol. The van der Waals surface area contributed by atoms with Gasteiger partial charge in [-0.15, -0.1) is 0 Å². The molecule has 1 aromatic rings. The van der Waals surface area contributed by atoms with Crippen LogP contribution in [0, 0.1) is 5.92 Å². The summed E-state index contributed by atoms with van der Waals surface area (Å²) in [5.74, 6) is 0.492. The number of likely N-dealkylation sites (tertiary alicyclic amines) is 1. The van der Waals surface area contributed by atoms with Gasteiger partial charge in [-0.2, -0.15) is 0 Å². The van der Waals surface area contributed by atoms with Crippen molar-refractivity contribution >= 4 is 11.8 Å². The number of rotatable bonds is 7. The van der Waals surface area contributed by atoms with Crippen LogP contribution in [-0.4, -0.2) is 55.0 Å². The summed E-state index contributed by atoms with van der Waals surface area (Å²) in [6, 6.07) is 7.66. The number of ether oxygens (including phenoxy) is 1. The molecule has 2 saturated heterocycles. The SMILES string of the molecule is CC(C)OCc1ccc(C(=O)N2CCCC(CNC(=O)C3CCCN3)C2)cc1. The normalized spacial score (nSPS) is 22.5. The molecule has 3 rings (SSSR count). The van der Waals surface area contributed by atoms with Crippen molar-refractivity contribution in [2.24, 2.45) is 5.92 Å². The number of nitrogens with zero attached hydrogens (tertiary/aromatic N) is 1. The van der Waals surface area contributed by atoms with Gasteiger partial charge in [0, 0.05) is 25.2 Å². The Hall–Kier alpha value is -1.92. The Morgan fingerprint density at radius 3 is 2.68 bits per heavy atom. The molecule has 154 valence electrons. The van der Waals surface area contributed by atoms with Crippen LogP contribution in [0.25, 0.3) is 0 Å². The molecule has 0 saturated carbocycles. The van der Waals surface area contributed by atoms with Crippen LogP contribution in [-0.2, 0) is 16.1 Å². The van der Waals surface area contributed by atoms with Crippen LogP contribution < -0.4 is 10.6 Å². The van der Waals surface area contributed by atoms with E-state index in [9.17, 15) is 9.59 Å². The van der Waals surface area contributed by atoms with Gasteiger partial charge in [0.2, 0.25) is 5.91 Å². The minimum Gasteiger partial charge on any atom is -0.374 e. The number of carbonyl (C=O) groups excluding carboxylic acids is 2. The molecule has 2 fully saturated rings. The number of hydrogen-bond donors (Lipinski definition) is 2. The van der Waals surface area contributed by atoms with Crippen LogP contribution in [0.4, 0.5) is 0 Å². The fourth-order valence-corrected chi connectivity index (χ4v) is 3.88. The highest BCUT2D eigenvalue weighted by atomic mass is 16.5. The Kier molecular flexibility index (Phi) is 7.45. The maximum Gasteiger partial charge on any atom is 0.253 e. The van der Waals surface area contributed by atoms with E-state index < -0.39 is 0 Å². The molecule has 0 spiro atoms. The maximum absolute atomic E-state index is 12.9. The van der Waals surface area contributed by atoms with E-state index in [0.717, 1.165) is 44.3 Å². The first-order valence-electron chi connectivity index (χ1n) is 10.5. The lowest BCUT2D eigenvalue weighted by atomic mass is 9.97. The average molecular weight is 388 g/mol. The molecule has 0 aliphatic carbocycles. The Morgan fingerprint density at radius 2 is 2.00 bits per heavy atom. The zero-order valence-corrected chi connectivity index (χ0v) is 17.1. The summed E-state index contributed by atoms with van der Waals surface area (Å²) in [5.41, 5.74) is 1.79. The van der Waals surface area contributed by atoms with E-state index in [4.69, 9.17) is 4.74 Å². The standard InChI is InChI=1S/C22H33N3O3/c1-16(2)28-15-17-7-9-19(10-8-17)22(27)25-12-4-5-18(14-25)13-24-21(26)20-6-3-11-23-20/h7-10,16,18,20,23H,3-6,11-15H2,1-2H3,(H,24,26). The number of amides is 2. The van der Waals surface area contributed by atoms with E-state index >= 15 is 0 Å². The monoisotopic (exact) mass is 387 g/mol. The molecule has 6 nitrogen and oxygen atoms in total. The third-order valence-electron chi connectivity index (χ3n) is 5.53. The van der Waals surface area contributed by atoms with Crippen molar-refractivity contribution in [1.29, 1.82) is 0 Å². The van der Waals surface area contributed by atoms with Crippen LogP contribution >= 0.6 is 0 Å². The maximum atomic E-state index is 12.9. The number of hydrogen-bond acceptors (Lipinski definition) is 4. The van der Waals surface area contributed by atoms with Gasteiger partial charge in [0.1, 0.15) is 0 Å². The van der Waals surface area contributed by atoms with Crippen molar-refractivity contribution in [2.75, 3.05) is 26.2 Å². The third kappa shape index (κ3) is 5.79. The molecular formula is C22H33N3O3. The van der Waals surface area contributed by atoms with Crippen LogP contribution in [0.5, 0.6) is 0 Å². The van der Waals surface area contributed by atoms with E-state index in [-0.39, 0.29) is 24.0 Å². The largest absolute Gasteiger partial charge is 0.374 e. The molecule has 0 aromatic heterocycles. The molecule has 1 aromatic carbocycles. The predicted octanol–water partition coefficient (Wildman–Crippen LogP) is 2.33. The van der Waals surface area contributed by atoms with Crippen LogP contribution in [0.3, 0.4) is 0 Å². The van der Waals surface area contributed by atoms with Crippen LogP contribution in [0.1, 0.15) is 55.5 Å². The number of piperidine rings is 1. The van der Waals surface area contributed by atoms with Gasteiger partial charge in [-0.1, -0.05) is 12.1 Å². The van der Waals surface area contributed by atoms with Gasteiger partial charge in [-0.25, -0.2) is 0 Å². The minimum absolute atomic E-state index is 0.0421. The van der Waals surface area contributed by atoms with E-state index in [1.165, 1.54) is 0 Å². The van der Waals surface area contributed by atoms with Gasteiger partial charge < -0.3 is 20.3 Å². The van der Waals surface area contributed by atoms with Gasteiger partial charge in [-0.3, -0.25) is 9.59 Å². The highest BCUT2D eigenvalue weighted by molar-refractivity contribution is 5.94. The molecular weight excluding hydrogens is 354 g/mol. The second-order valence-electron chi connectivity index (χ2n) is 8.21. The molecule has 2 unspecified atom stereocenters. The minimum atomic E-state index is -0.0421. The first-order chi connectivity index (χ1) is 13.5. The van der Waals surface area contributed by atoms with Crippen molar-refractivity contribution < 1.29 is 14.3 Å². The first-order valence-corrected chi connectivity index (χ1v) is 10.5. The Bertz CT molecular complexity index is 653. The fourth-order valence-electron chi connectivity index (χ4n) is 3.88. The number of nitrogens with one attached hydrogen (secondary N) is 2. The quantitative estimate of drug-likeness (QED) is 0.753. The van der Waals surface area contributed by atoms with E-state index in [1.54, 1.807) is 0 Å². The molecule has 2 N–H and O–H groups in total. The molecule has 2 atom stereocenters. The molecule has 2 aliphatic rings. The molecule has 28 heavy (non-hydrogen) atoms. The molecule has 2 heterocycles. The lowest BCUT2D eigenvalue weighted by molar-refractivity contribution is -0.123. The summed E-state index contributed by atoms with van der Waals surface area (Å²) in [5, 5.41) is 6.30. The Labute approximate surface area is 168 Å². The topological polar surface area (TPSA) is 70.7 Å². The second kappa shape index (κ2) is 10.0. The number of benzene rings is 1. The highest BCUT2D eigenvalue weighted by Crippen LogP contribution is 2.19. The van der Waals surface area contributed by atoms with Gasteiger partial charge in [-0.05, 0) is 69.7 Å². The molecule has 2 aliphatic heterocycles. The van der Waals surface area contributed by atoms with E-state index in [0.29, 0.717) is 31.2 Å². The summed E-state index contributed by atoms with van der Waals surface area (Å²) in [6.07, 6.45) is 4.20. The van der Waals surface area contributed by atoms with E-state index in [1.807, 2.05) is 43.0 Å². The Balaban J connectivity index is 1.48. The van der Waals surface area contributed by atoms with Gasteiger partial charge in [0.05, 0.1) is 18.8 Å². The van der Waals surface area contributed by atoms with Crippen molar-refractivity contribution in [2.45, 2.75) is 58.3 Å². The zero-order chi connectivity index (χ0) is 19.9. The van der Waals surface area contributed by atoms with Gasteiger partial charge >= 0.3 is 0 Å². The summed E-state index contributed by atoms with van der Waals surface area (Å²) in [6.45, 7) is 7.64. The van der Waals surface area contributed by atoms with Crippen molar-refractivity contribution in [1.82, 2.24) is 15.5 Å². The van der Waals surface area contributed by atoms with Crippen LogP contribution in [0.2, 0.25) is 0 Å². The molecule has 0 bridgehead atoms. The lowest BCUT2D eigenvalue weighted by Crippen LogP contribution is -2.46. The van der Waals surface area contributed by atoms with Gasteiger partial charge in [0.25, 0.3) is 5.91 Å². The average Bonchev–Trinajstić information content (AvgIpc) is 3.25. The molecule has 2 amide bonds.